The molecule has 1 N–H and O–H groups in total. The van der Waals surface area contributed by atoms with Gasteiger partial charge in [0.2, 0.25) is 15.9 Å². The first-order valence-corrected chi connectivity index (χ1v) is 11.0. The minimum Gasteiger partial charge on any atom is -0.469 e. The molecular weight excluding hydrogens is 434 g/mol. The highest BCUT2D eigenvalue weighted by molar-refractivity contribution is 7.89. The largest absolute Gasteiger partial charge is 0.469 e. The smallest absolute Gasteiger partial charge is 0.257 e. The number of rotatable bonds is 6. The highest BCUT2D eigenvalue weighted by Crippen LogP contribution is 2.28. The van der Waals surface area contributed by atoms with Gasteiger partial charge in [0.25, 0.3) is 5.91 Å². The van der Waals surface area contributed by atoms with E-state index in [1.807, 2.05) is 0 Å². The summed E-state index contributed by atoms with van der Waals surface area (Å²) in [7, 11) is -2.34. The minimum atomic E-state index is -3.83. The van der Waals surface area contributed by atoms with E-state index in [0.29, 0.717) is 24.5 Å². The predicted molar refractivity (Wildman–Crippen MR) is 110 cm³/mol. The van der Waals surface area contributed by atoms with Crippen molar-refractivity contribution in [1.29, 1.82) is 0 Å². The number of benzene rings is 1. The molecule has 0 spiro atoms. The van der Waals surface area contributed by atoms with Gasteiger partial charge in [0, 0.05) is 25.8 Å². The normalized spacial score (nSPS) is 15.0. The maximum absolute atomic E-state index is 12.9. The summed E-state index contributed by atoms with van der Waals surface area (Å²) in [5, 5.41) is 2.67. The number of furan rings is 1. The summed E-state index contributed by atoms with van der Waals surface area (Å²) in [6.45, 7) is 2.52. The van der Waals surface area contributed by atoms with Crippen LogP contribution in [0.5, 0.6) is 0 Å². The van der Waals surface area contributed by atoms with Crippen LogP contribution < -0.4 is 5.32 Å². The second kappa shape index (κ2) is 9.17. The number of likely N-dealkylation sites (N-methyl/N-ethyl adjacent to an activating group) is 1. The van der Waals surface area contributed by atoms with Crippen LogP contribution in [0.3, 0.4) is 0 Å². The number of carbonyl (C=O) groups excluding carboxylic acids is 2. The first-order chi connectivity index (χ1) is 14.2. The Balaban J connectivity index is 1.71. The van der Waals surface area contributed by atoms with Crippen molar-refractivity contribution in [3.05, 3.63) is 46.9 Å². The summed E-state index contributed by atoms with van der Waals surface area (Å²) < 4.78 is 37.4. The highest BCUT2D eigenvalue weighted by atomic mass is 35.5. The third-order valence-electron chi connectivity index (χ3n) is 4.62. The van der Waals surface area contributed by atoms with Crippen molar-refractivity contribution in [2.24, 2.45) is 0 Å². The molecule has 162 valence electrons. The number of hydrogen-bond donors (Lipinski definition) is 1. The fourth-order valence-corrected chi connectivity index (χ4v) is 4.91. The Morgan fingerprint density at radius 2 is 1.93 bits per heavy atom. The van der Waals surface area contributed by atoms with Crippen LogP contribution in [-0.2, 0) is 19.6 Å². The Labute approximate surface area is 179 Å². The fraction of sp³-hybridized carbons (Fsp3) is 0.368. The molecule has 2 amide bonds. The Hall–Kier alpha value is -2.40. The molecule has 3 rings (SSSR count). The van der Waals surface area contributed by atoms with Gasteiger partial charge in [-0.1, -0.05) is 11.6 Å². The predicted octanol–water partition coefficient (Wildman–Crippen LogP) is 1.97. The number of halogens is 1. The standard InChI is InChI=1S/C19H22ClN3O6S/c1-13-15(5-8-29-13)19(25)22(2)12-18(24)21-14-3-4-16(20)17(11-14)30(26,27)23-6-9-28-10-7-23/h3-5,8,11H,6-7,9-10,12H2,1-2H3,(H,21,24). The molecule has 1 aliphatic rings. The number of morpholine rings is 1. The average molecular weight is 456 g/mol. The third kappa shape index (κ3) is 4.84. The number of amides is 2. The monoisotopic (exact) mass is 455 g/mol. The van der Waals surface area contributed by atoms with Gasteiger partial charge in [0.05, 0.1) is 36.6 Å². The van der Waals surface area contributed by atoms with Gasteiger partial charge >= 0.3 is 0 Å². The van der Waals surface area contributed by atoms with Gasteiger partial charge in [-0.05, 0) is 31.2 Å². The van der Waals surface area contributed by atoms with Gasteiger partial charge < -0.3 is 19.4 Å². The van der Waals surface area contributed by atoms with Crippen molar-refractivity contribution in [3.8, 4) is 0 Å². The lowest BCUT2D eigenvalue weighted by molar-refractivity contribution is -0.116. The molecule has 0 radical (unpaired) electrons. The van der Waals surface area contributed by atoms with Gasteiger partial charge in [-0.25, -0.2) is 8.42 Å². The van der Waals surface area contributed by atoms with E-state index in [9.17, 15) is 18.0 Å². The zero-order chi connectivity index (χ0) is 21.9. The quantitative estimate of drug-likeness (QED) is 0.713. The van der Waals surface area contributed by atoms with Crippen molar-refractivity contribution in [3.63, 3.8) is 0 Å². The topological polar surface area (TPSA) is 109 Å². The minimum absolute atomic E-state index is 0.0576. The zero-order valence-corrected chi connectivity index (χ0v) is 18.1. The summed E-state index contributed by atoms with van der Waals surface area (Å²) in [6, 6.07) is 5.76. The molecule has 1 fully saturated rings. The van der Waals surface area contributed by atoms with Gasteiger partial charge in [-0.3, -0.25) is 9.59 Å². The number of aryl methyl sites for hydroxylation is 1. The number of anilines is 1. The molecule has 1 aliphatic heterocycles. The van der Waals surface area contributed by atoms with Crippen LogP contribution in [0.1, 0.15) is 16.1 Å². The number of hydrogen-bond acceptors (Lipinski definition) is 6. The maximum Gasteiger partial charge on any atom is 0.257 e. The molecule has 0 bridgehead atoms. The second-order valence-electron chi connectivity index (χ2n) is 6.76. The molecule has 0 unspecified atom stereocenters. The van der Waals surface area contributed by atoms with Crippen LogP contribution >= 0.6 is 11.6 Å². The molecule has 1 aromatic heterocycles. The van der Waals surface area contributed by atoms with E-state index >= 15 is 0 Å². The molecule has 11 heteroatoms. The third-order valence-corrected chi connectivity index (χ3v) is 7.00. The molecular formula is C19H22ClN3O6S. The van der Waals surface area contributed by atoms with Crippen molar-refractivity contribution in [2.75, 3.05) is 45.2 Å². The molecule has 2 heterocycles. The van der Waals surface area contributed by atoms with Crippen LogP contribution in [0.25, 0.3) is 0 Å². The molecule has 1 aromatic carbocycles. The van der Waals surface area contributed by atoms with Crippen molar-refractivity contribution in [2.45, 2.75) is 11.8 Å². The first kappa shape index (κ1) is 22.3. The lowest BCUT2D eigenvalue weighted by atomic mass is 10.2. The highest BCUT2D eigenvalue weighted by Gasteiger charge is 2.29. The number of nitrogens with zero attached hydrogens (tertiary/aromatic N) is 2. The van der Waals surface area contributed by atoms with Crippen LogP contribution in [0.2, 0.25) is 5.02 Å². The number of carbonyl (C=O) groups is 2. The molecule has 30 heavy (non-hydrogen) atoms. The molecule has 0 atom stereocenters. The number of sulfonamides is 1. The van der Waals surface area contributed by atoms with Crippen LogP contribution in [0.15, 0.2) is 39.8 Å². The fourth-order valence-electron chi connectivity index (χ4n) is 3.01. The molecule has 1 saturated heterocycles. The van der Waals surface area contributed by atoms with E-state index in [1.165, 1.54) is 46.8 Å². The summed E-state index contributed by atoms with van der Waals surface area (Å²) in [5.41, 5.74) is 0.632. The summed E-state index contributed by atoms with van der Waals surface area (Å²) in [4.78, 5) is 25.9. The molecule has 0 aliphatic carbocycles. The van der Waals surface area contributed by atoms with E-state index in [-0.39, 0.29) is 41.1 Å². The SMILES string of the molecule is Cc1occc1C(=O)N(C)CC(=O)Nc1ccc(Cl)c(S(=O)(=O)N2CCOCC2)c1. The lowest BCUT2D eigenvalue weighted by Crippen LogP contribution is -2.40. The van der Waals surface area contributed by atoms with Crippen molar-refractivity contribution in [1.82, 2.24) is 9.21 Å². The van der Waals surface area contributed by atoms with E-state index in [4.69, 9.17) is 20.8 Å². The lowest BCUT2D eigenvalue weighted by Gasteiger charge is -2.26. The van der Waals surface area contributed by atoms with Gasteiger partial charge in [0.15, 0.2) is 0 Å². The second-order valence-corrected chi connectivity index (χ2v) is 9.08. The molecule has 9 nitrogen and oxygen atoms in total. The van der Waals surface area contributed by atoms with Crippen LogP contribution in [-0.4, -0.2) is 69.3 Å². The zero-order valence-electron chi connectivity index (χ0n) is 16.6. The Morgan fingerprint density at radius 1 is 1.23 bits per heavy atom. The van der Waals surface area contributed by atoms with E-state index in [2.05, 4.69) is 5.32 Å². The Morgan fingerprint density at radius 3 is 2.57 bits per heavy atom. The van der Waals surface area contributed by atoms with E-state index in [0.717, 1.165) is 0 Å². The summed E-state index contributed by atoms with van der Waals surface area (Å²) >= 11 is 6.12. The van der Waals surface area contributed by atoms with Crippen LogP contribution in [0.4, 0.5) is 5.69 Å². The summed E-state index contributed by atoms with van der Waals surface area (Å²) in [6.07, 6.45) is 1.40. The number of ether oxygens (including phenoxy) is 1. The van der Waals surface area contributed by atoms with Crippen LogP contribution in [0, 0.1) is 6.92 Å². The molecule has 2 aromatic rings. The first-order valence-electron chi connectivity index (χ1n) is 9.17. The van der Waals surface area contributed by atoms with Gasteiger partial charge in [0.1, 0.15) is 10.7 Å². The summed E-state index contributed by atoms with van der Waals surface area (Å²) in [5.74, 6) is -0.380. The van der Waals surface area contributed by atoms with Crippen molar-refractivity contribution < 1.29 is 27.2 Å². The average Bonchev–Trinajstić information content (AvgIpc) is 3.15. The van der Waals surface area contributed by atoms with Gasteiger partial charge in [-0.15, -0.1) is 0 Å². The van der Waals surface area contributed by atoms with Gasteiger partial charge in [-0.2, -0.15) is 4.31 Å². The molecule has 0 saturated carbocycles. The van der Waals surface area contributed by atoms with Crippen molar-refractivity contribution >= 4 is 39.1 Å². The number of nitrogens with one attached hydrogen (secondary N) is 1. The van der Waals surface area contributed by atoms with E-state index < -0.39 is 15.9 Å². The Bertz CT molecular complexity index is 1050. The Kier molecular flexibility index (Phi) is 6.81. The van der Waals surface area contributed by atoms with E-state index in [1.54, 1.807) is 6.92 Å². The maximum atomic E-state index is 12.9.